The maximum absolute atomic E-state index is 5.85. The summed E-state index contributed by atoms with van der Waals surface area (Å²) in [4.78, 5) is 6.36. The Morgan fingerprint density at radius 1 is 1.29 bits per heavy atom. The van der Waals surface area contributed by atoms with E-state index >= 15 is 0 Å². The van der Waals surface area contributed by atoms with Gasteiger partial charge in [0.05, 0.1) is 5.69 Å². The number of nitrogens with zero attached hydrogens (tertiary/aromatic N) is 1. The fourth-order valence-corrected chi connectivity index (χ4v) is 4.58. The Kier molecular flexibility index (Phi) is 6.65. The second-order valence-electron chi connectivity index (χ2n) is 6.60. The Hall–Kier alpha value is -0.450. The number of ether oxygens (including phenoxy) is 1. The number of rotatable bonds is 7. The van der Waals surface area contributed by atoms with Gasteiger partial charge in [-0.1, -0.05) is 33.1 Å². The Labute approximate surface area is 133 Å². The molecule has 1 aliphatic rings. The SMILES string of the molecule is CNCc1sc(C(OC)C2CCCCC2)nc1CC(C)C. The molecular weight excluding hydrogens is 280 g/mol. The molecule has 0 radical (unpaired) electrons. The van der Waals surface area contributed by atoms with Crippen molar-refractivity contribution in [1.29, 1.82) is 0 Å². The molecule has 1 aliphatic carbocycles. The molecule has 1 N–H and O–H groups in total. The third-order valence-corrected chi connectivity index (χ3v) is 5.47. The number of nitrogens with one attached hydrogen (secondary N) is 1. The first-order valence-electron chi connectivity index (χ1n) is 8.31. The molecule has 21 heavy (non-hydrogen) atoms. The zero-order valence-electron chi connectivity index (χ0n) is 13.9. The standard InChI is InChI=1S/C17H30N2OS/c1-12(2)10-14-15(11-18-3)21-17(19-14)16(20-4)13-8-6-5-7-9-13/h12-13,16,18H,5-11H2,1-4H3. The highest BCUT2D eigenvalue weighted by Crippen LogP contribution is 2.39. The predicted molar refractivity (Wildman–Crippen MR) is 89.7 cm³/mol. The van der Waals surface area contributed by atoms with Gasteiger partial charge in [-0.3, -0.25) is 0 Å². The largest absolute Gasteiger partial charge is 0.374 e. The van der Waals surface area contributed by atoms with Crippen LogP contribution in [-0.4, -0.2) is 19.1 Å². The van der Waals surface area contributed by atoms with Crippen LogP contribution < -0.4 is 5.32 Å². The molecule has 0 bridgehead atoms. The summed E-state index contributed by atoms with van der Waals surface area (Å²) in [6.07, 6.45) is 7.92. The third-order valence-electron chi connectivity index (χ3n) is 4.31. The second-order valence-corrected chi connectivity index (χ2v) is 7.72. The quantitative estimate of drug-likeness (QED) is 0.814. The van der Waals surface area contributed by atoms with Crippen molar-refractivity contribution in [2.45, 2.75) is 65.0 Å². The maximum atomic E-state index is 5.85. The van der Waals surface area contributed by atoms with Gasteiger partial charge in [-0.2, -0.15) is 0 Å². The molecule has 120 valence electrons. The van der Waals surface area contributed by atoms with Crippen LogP contribution in [0.4, 0.5) is 0 Å². The molecule has 1 unspecified atom stereocenters. The van der Waals surface area contributed by atoms with E-state index in [1.54, 1.807) is 0 Å². The van der Waals surface area contributed by atoms with Crippen LogP contribution in [0.1, 0.15) is 67.6 Å². The van der Waals surface area contributed by atoms with E-state index in [0.717, 1.165) is 13.0 Å². The van der Waals surface area contributed by atoms with Crippen LogP contribution >= 0.6 is 11.3 Å². The van der Waals surface area contributed by atoms with Crippen LogP contribution in [0.3, 0.4) is 0 Å². The first kappa shape index (κ1) is 16.9. The molecular formula is C17H30N2OS. The summed E-state index contributed by atoms with van der Waals surface area (Å²) < 4.78 is 5.85. The Morgan fingerprint density at radius 3 is 2.57 bits per heavy atom. The summed E-state index contributed by atoms with van der Waals surface area (Å²) >= 11 is 1.85. The molecule has 2 rings (SSSR count). The van der Waals surface area contributed by atoms with E-state index in [1.165, 1.54) is 47.7 Å². The molecule has 4 heteroatoms. The molecule has 1 aromatic rings. The van der Waals surface area contributed by atoms with Crippen LogP contribution in [-0.2, 0) is 17.7 Å². The number of hydrogen-bond acceptors (Lipinski definition) is 4. The molecule has 1 atom stereocenters. The molecule has 1 fully saturated rings. The summed E-state index contributed by atoms with van der Waals surface area (Å²) in [5.41, 5.74) is 1.28. The number of thiazole rings is 1. The van der Waals surface area contributed by atoms with Gasteiger partial charge >= 0.3 is 0 Å². The van der Waals surface area contributed by atoms with E-state index in [2.05, 4.69) is 19.2 Å². The number of aromatic nitrogens is 1. The fraction of sp³-hybridized carbons (Fsp3) is 0.824. The number of hydrogen-bond donors (Lipinski definition) is 1. The van der Waals surface area contributed by atoms with E-state index < -0.39 is 0 Å². The molecule has 0 aromatic carbocycles. The third kappa shape index (κ3) is 4.51. The minimum Gasteiger partial charge on any atom is -0.374 e. The normalized spacial score (nSPS) is 18.3. The van der Waals surface area contributed by atoms with E-state index in [9.17, 15) is 0 Å². The first-order chi connectivity index (χ1) is 10.2. The second kappa shape index (κ2) is 8.25. The molecule has 0 amide bonds. The van der Waals surface area contributed by atoms with Crippen molar-refractivity contribution in [2.75, 3.05) is 14.2 Å². The smallest absolute Gasteiger partial charge is 0.122 e. The highest BCUT2D eigenvalue weighted by molar-refractivity contribution is 7.11. The average Bonchev–Trinajstić information content (AvgIpc) is 2.83. The van der Waals surface area contributed by atoms with Crippen molar-refractivity contribution in [2.24, 2.45) is 11.8 Å². The lowest BCUT2D eigenvalue weighted by Crippen LogP contribution is -2.18. The zero-order valence-corrected chi connectivity index (χ0v) is 14.8. The summed E-state index contributed by atoms with van der Waals surface area (Å²) in [7, 11) is 3.86. The predicted octanol–water partition coefficient (Wildman–Crippen LogP) is 4.33. The Bertz CT molecular complexity index is 424. The minimum absolute atomic E-state index is 0.201. The van der Waals surface area contributed by atoms with Crippen molar-refractivity contribution in [1.82, 2.24) is 10.3 Å². The van der Waals surface area contributed by atoms with E-state index in [4.69, 9.17) is 9.72 Å². The van der Waals surface area contributed by atoms with E-state index in [0.29, 0.717) is 11.8 Å². The minimum atomic E-state index is 0.201. The molecule has 1 aromatic heterocycles. The molecule has 0 saturated heterocycles. The van der Waals surface area contributed by atoms with Gasteiger partial charge in [0, 0.05) is 18.5 Å². The molecule has 0 spiro atoms. The van der Waals surface area contributed by atoms with E-state index in [-0.39, 0.29) is 6.10 Å². The number of methoxy groups -OCH3 is 1. The summed E-state index contributed by atoms with van der Waals surface area (Å²) in [5.74, 6) is 1.30. The highest BCUT2D eigenvalue weighted by Gasteiger charge is 2.28. The van der Waals surface area contributed by atoms with Crippen molar-refractivity contribution >= 4 is 11.3 Å². The summed E-state index contributed by atoms with van der Waals surface area (Å²) in [6, 6.07) is 0. The Balaban J connectivity index is 2.19. The van der Waals surface area contributed by atoms with Gasteiger partial charge in [0.1, 0.15) is 11.1 Å². The molecule has 3 nitrogen and oxygen atoms in total. The Morgan fingerprint density at radius 2 is 2.00 bits per heavy atom. The monoisotopic (exact) mass is 310 g/mol. The van der Waals surface area contributed by atoms with Crippen molar-refractivity contribution < 1.29 is 4.74 Å². The van der Waals surface area contributed by atoms with Gasteiger partial charge in [0.25, 0.3) is 0 Å². The fourth-order valence-electron chi connectivity index (χ4n) is 3.30. The topological polar surface area (TPSA) is 34.1 Å². The van der Waals surface area contributed by atoms with Gasteiger partial charge in [-0.05, 0) is 38.1 Å². The van der Waals surface area contributed by atoms with Crippen LogP contribution in [0, 0.1) is 11.8 Å². The van der Waals surface area contributed by atoms with Crippen molar-refractivity contribution in [3.63, 3.8) is 0 Å². The van der Waals surface area contributed by atoms with Gasteiger partial charge in [0.15, 0.2) is 0 Å². The molecule has 0 aliphatic heterocycles. The summed E-state index contributed by atoms with van der Waals surface area (Å²) in [5, 5.41) is 4.48. The zero-order chi connectivity index (χ0) is 15.2. The van der Waals surface area contributed by atoms with Crippen LogP contribution in [0.25, 0.3) is 0 Å². The molecule has 1 saturated carbocycles. The highest BCUT2D eigenvalue weighted by atomic mass is 32.1. The average molecular weight is 311 g/mol. The van der Waals surface area contributed by atoms with Gasteiger partial charge < -0.3 is 10.1 Å². The van der Waals surface area contributed by atoms with Crippen molar-refractivity contribution in [3.05, 3.63) is 15.6 Å². The lowest BCUT2D eigenvalue weighted by Gasteiger charge is -2.27. The van der Waals surface area contributed by atoms with Gasteiger partial charge in [-0.25, -0.2) is 4.98 Å². The van der Waals surface area contributed by atoms with E-state index in [1.807, 2.05) is 25.5 Å². The van der Waals surface area contributed by atoms with Crippen molar-refractivity contribution in [3.8, 4) is 0 Å². The lowest BCUT2D eigenvalue weighted by atomic mass is 9.85. The summed E-state index contributed by atoms with van der Waals surface area (Å²) in [6.45, 7) is 5.44. The van der Waals surface area contributed by atoms with Crippen LogP contribution in [0.5, 0.6) is 0 Å². The van der Waals surface area contributed by atoms with Crippen LogP contribution in [0.2, 0.25) is 0 Å². The first-order valence-corrected chi connectivity index (χ1v) is 9.13. The van der Waals surface area contributed by atoms with Gasteiger partial charge in [-0.15, -0.1) is 11.3 Å². The molecule has 1 heterocycles. The lowest BCUT2D eigenvalue weighted by molar-refractivity contribution is 0.0351. The van der Waals surface area contributed by atoms with Crippen LogP contribution in [0.15, 0.2) is 0 Å². The maximum Gasteiger partial charge on any atom is 0.122 e. The van der Waals surface area contributed by atoms with Gasteiger partial charge in [0.2, 0.25) is 0 Å².